The van der Waals surface area contributed by atoms with Crippen molar-refractivity contribution in [3.8, 4) is 5.75 Å². The second-order valence-corrected chi connectivity index (χ2v) is 6.23. The van der Waals surface area contributed by atoms with Crippen LogP contribution in [0.3, 0.4) is 0 Å². The van der Waals surface area contributed by atoms with Crippen molar-refractivity contribution in [1.82, 2.24) is 4.57 Å². The number of benzene rings is 1. The minimum Gasteiger partial charge on any atom is -0.493 e. The minimum absolute atomic E-state index is 0.116. The molecule has 0 fully saturated rings. The highest BCUT2D eigenvalue weighted by atomic mass is 79.9. The average molecular weight is 365 g/mol. The Morgan fingerprint density at radius 1 is 1.48 bits per heavy atom. The zero-order chi connectivity index (χ0) is 15.0. The first-order chi connectivity index (χ1) is 10.1. The van der Waals surface area contributed by atoms with Crippen LogP contribution in [0.5, 0.6) is 5.75 Å². The number of fused-ring (bicyclic) bond motifs is 1. The number of ether oxygens (including phenoxy) is 1. The monoisotopic (exact) mass is 364 g/mol. The molecule has 0 bridgehead atoms. The summed E-state index contributed by atoms with van der Waals surface area (Å²) in [4.78, 5) is 12.5. The van der Waals surface area contributed by atoms with E-state index in [2.05, 4.69) is 22.0 Å². The van der Waals surface area contributed by atoms with Crippen LogP contribution in [0.4, 0.5) is 0 Å². The van der Waals surface area contributed by atoms with E-state index in [0.29, 0.717) is 18.7 Å². The Hall–Kier alpha value is -1.66. The maximum atomic E-state index is 12.3. The summed E-state index contributed by atoms with van der Waals surface area (Å²) in [5.74, 6) is 0.880. The lowest BCUT2D eigenvalue weighted by molar-refractivity contribution is 0.352. The van der Waals surface area contributed by atoms with Gasteiger partial charge in [0.15, 0.2) is 0 Å². The van der Waals surface area contributed by atoms with Crippen LogP contribution in [-0.4, -0.2) is 16.2 Å². The van der Waals surface area contributed by atoms with Crippen LogP contribution in [0.2, 0.25) is 0 Å². The summed E-state index contributed by atoms with van der Waals surface area (Å²) in [6.07, 6.45) is 2.62. The van der Waals surface area contributed by atoms with Gasteiger partial charge >= 0.3 is 0 Å². The van der Waals surface area contributed by atoms with Gasteiger partial charge in [0.2, 0.25) is 0 Å². The lowest BCUT2D eigenvalue weighted by Crippen LogP contribution is -2.28. The third-order valence-electron chi connectivity index (χ3n) is 3.45. The van der Waals surface area contributed by atoms with E-state index in [1.807, 2.05) is 6.07 Å². The van der Waals surface area contributed by atoms with Gasteiger partial charge in [0, 0.05) is 22.7 Å². The molecule has 0 amide bonds. The van der Waals surface area contributed by atoms with Crippen LogP contribution in [0, 0.1) is 0 Å². The predicted octanol–water partition coefficient (Wildman–Crippen LogP) is 2.23. The Bertz CT molecular complexity index is 786. The Kier molecular flexibility index (Phi) is 3.82. The van der Waals surface area contributed by atoms with Gasteiger partial charge in [-0.25, -0.2) is 0 Å². The summed E-state index contributed by atoms with van der Waals surface area (Å²) < 4.78 is 8.27. The Labute approximate surface area is 135 Å². The van der Waals surface area contributed by atoms with Gasteiger partial charge < -0.3 is 15.0 Å². The highest BCUT2D eigenvalue weighted by Gasteiger charge is 2.18. The zero-order valence-electron chi connectivity index (χ0n) is 11.1. The molecule has 1 aliphatic heterocycles. The number of rotatable bonds is 3. The molecule has 108 valence electrons. The summed E-state index contributed by atoms with van der Waals surface area (Å²) in [5, 5.41) is 0. The second-order valence-electron chi connectivity index (χ2n) is 4.87. The van der Waals surface area contributed by atoms with E-state index in [4.69, 9.17) is 22.7 Å². The van der Waals surface area contributed by atoms with Gasteiger partial charge in [-0.3, -0.25) is 4.79 Å². The molecule has 0 aliphatic carbocycles. The van der Waals surface area contributed by atoms with Crippen molar-refractivity contribution in [1.29, 1.82) is 0 Å². The van der Waals surface area contributed by atoms with Crippen LogP contribution >= 0.6 is 28.1 Å². The van der Waals surface area contributed by atoms with E-state index in [1.54, 1.807) is 22.9 Å². The average Bonchev–Trinajstić information content (AvgIpc) is 2.88. The van der Waals surface area contributed by atoms with Crippen molar-refractivity contribution < 1.29 is 4.74 Å². The molecule has 0 saturated heterocycles. The molecule has 1 aromatic carbocycles. The van der Waals surface area contributed by atoms with Gasteiger partial charge in [-0.2, -0.15) is 0 Å². The number of hydrogen-bond donors (Lipinski definition) is 1. The van der Waals surface area contributed by atoms with Crippen molar-refractivity contribution >= 4 is 33.1 Å². The topological polar surface area (TPSA) is 57.2 Å². The number of hydrogen-bond acceptors (Lipinski definition) is 3. The first kappa shape index (κ1) is 14.3. The largest absolute Gasteiger partial charge is 0.493 e. The number of nitrogens with two attached hydrogens (primary N) is 1. The van der Waals surface area contributed by atoms with Crippen molar-refractivity contribution in [2.24, 2.45) is 5.73 Å². The van der Waals surface area contributed by atoms with Crippen molar-refractivity contribution in [2.45, 2.75) is 13.0 Å². The van der Waals surface area contributed by atoms with Crippen LogP contribution < -0.4 is 16.0 Å². The number of halogens is 1. The summed E-state index contributed by atoms with van der Waals surface area (Å²) in [5.41, 5.74) is 7.89. The van der Waals surface area contributed by atoms with Crippen LogP contribution in [0.25, 0.3) is 0 Å². The minimum atomic E-state index is -0.184. The van der Waals surface area contributed by atoms with Gasteiger partial charge in [-0.15, -0.1) is 0 Å². The van der Waals surface area contributed by atoms with Gasteiger partial charge in [-0.05, 0) is 29.8 Å². The third kappa shape index (κ3) is 2.73. The fourth-order valence-electron chi connectivity index (χ4n) is 2.50. The second kappa shape index (κ2) is 5.61. The standard InChI is InChI=1S/C15H13BrN2O2S/c16-11-6-9-3-5-20-13(9)10(7-11)8-18-4-1-2-12(14(17)21)15(18)19/h1-2,4,6-7H,3,5,8H2,(H2,17,21). The molecule has 1 aromatic heterocycles. The van der Waals surface area contributed by atoms with Crippen molar-refractivity contribution in [3.05, 3.63) is 62.0 Å². The first-order valence-corrected chi connectivity index (χ1v) is 7.70. The molecule has 2 heterocycles. The summed E-state index contributed by atoms with van der Waals surface area (Å²) in [7, 11) is 0. The maximum Gasteiger partial charge on any atom is 0.261 e. The van der Waals surface area contributed by atoms with E-state index >= 15 is 0 Å². The Morgan fingerprint density at radius 3 is 3.05 bits per heavy atom. The molecular weight excluding hydrogens is 352 g/mol. The molecule has 2 N–H and O–H groups in total. The predicted molar refractivity (Wildman–Crippen MR) is 89.0 cm³/mol. The van der Waals surface area contributed by atoms with E-state index in [1.165, 1.54) is 0 Å². The van der Waals surface area contributed by atoms with E-state index in [-0.39, 0.29) is 10.5 Å². The number of pyridine rings is 1. The first-order valence-electron chi connectivity index (χ1n) is 6.49. The molecule has 2 aromatic rings. The smallest absolute Gasteiger partial charge is 0.261 e. The van der Waals surface area contributed by atoms with Crippen LogP contribution in [0.1, 0.15) is 16.7 Å². The molecule has 0 saturated carbocycles. The molecule has 21 heavy (non-hydrogen) atoms. The molecule has 4 nitrogen and oxygen atoms in total. The van der Waals surface area contributed by atoms with E-state index in [9.17, 15) is 4.79 Å². The molecule has 0 spiro atoms. The molecule has 6 heteroatoms. The fourth-order valence-corrected chi connectivity index (χ4v) is 3.20. The zero-order valence-corrected chi connectivity index (χ0v) is 13.5. The maximum absolute atomic E-state index is 12.3. The molecule has 1 aliphatic rings. The fraction of sp³-hybridized carbons (Fsp3) is 0.200. The van der Waals surface area contributed by atoms with Gasteiger partial charge in [0.05, 0.1) is 18.7 Å². The molecule has 0 unspecified atom stereocenters. The summed E-state index contributed by atoms with van der Waals surface area (Å²) >= 11 is 8.41. The highest BCUT2D eigenvalue weighted by Crippen LogP contribution is 2.33. The Morgan fingerprint density at radius 2 is 2.29 bits per heavy atom. The number of nitrogens with zero attached hydrogens (tertiary/aromatic N) is 1. The lowest BCUT2D eigenvalue weighted by Gasteiger charge is -2.12. The van der Waals surface area contributed by atoms with E-state index < -0.39 is 0 Å². The highest BCUT2D eigenvalue weighted by molar-refractivity contribution is 9.10. The summed E-state index contributed by atoms with van der Waals surface area (Å²) in [6.45, 7) is 1.11. The van der Waals surface area contributed by atoms with Crippen LogP contribution in [-0.2, 0) is 13.0 Å². The van der Waals surface area contributed by atoms with Crippen LogP contribution in [0.15, 0.2) is 39.7 Å². The van der Waals surface area contributed by atoms with Crippen molar-refractivity contribution in [3.63, 3.8) is 0 Å². The van der Waals surface area contributed by atoms with Crippen molar-refractivity contribution in [2.75, 3.05) is 6.61 Å². The molecule has 0 atom stereocenters. The number of thiocarbonyl (C=S) groups is 1. The molecule has 0 radical (unpaired) electrons. The van der Waals surface area contributed by atoms with Gasteiger partial charge in [0.25, 0.3) is 5.56 Å². The van der Waals surface area contributed by atoms with Gasteiger partial charge in [0.1, 0.15) is 10.7 Å². The number of aromatic nitrogens is 1. The summed E-state index contributed by atoms with van der Waals surface area (Å²) in [6, 6.07) is 7.45. The van der Waals surface area contributed by atoms with Gasteiger partial charge in [-0.1, -0.05) is 28.1 Å². The molecule has 3 rings (SSSR count). The Balaban J connectivity index is 2.04. The third-order valence-corrected chi connectivity index (χ3v) is 4.13. The normalized spacial score (nSPS) is 12.8. The van der Waals surface area contributed by atoms with E-state index in [0.717, 1.165) is 27.8 Å². The molecular formula is C15H13BrN2O2S. The lowest BCUT2D eigenvalue weighted by atomic mass is 10.1. The SMILES string of the molecule is NC(=S)c1cccn(Cc2cc(Br)cc3c2OCC3)c1=O. The quantitative estimate of drug-likeness (QED) is 0.848.